The summed E-state index contributed by atoms with van der Waals surface area (Å²) in [5, 5.41) is 2.67. The maximum atomic E-state index is 12.9. The van der Waals surface area contributed by atoms with Gasteiger partial charge in [-0.2, -0.15) is 0 Å². The summed E-state index contributed by atoms with van der Waals surface area (Å²) in [6.45, 7) is 1.27. The van der Waals surface area contributed by atoms with Gasteiger partial charge in [0, 0.05) is 19.6 Å². The van der Waals surface area contributed by atoms with Gasteiger partial charge in [0.25, 0.3) is 5.91 Å². The van der Waals surface area contributed by atoms with E-state index in [0.717, 1.165) is 16.7 Å². The highest BCUT2D eigenvalue weighted by Gasteiger charge is 2.39. The lowest BCUT2D eigenvalue weighted by atomic mass is 9.98. The molecule has 0 spiro atoms. The molecule has 2 aromatic carbocycles. The van der Waals surface area contributed by atoms with E-state index in [-0.39, 0.29) is 24.8 Å². The van der Waals surface area contributed by atoms with Crippen molar-refractivity contribution in [2.24, 2.45) is 0 Å². The molecule has 2 heterocycles. The third-order valence-electron chi connectivity index (χ3n) is 6.02. The van der Waals surface area contributed by atoms with Gasteiger partial charge in [0.15, 0.2) is 11.5 Å². The Bertz CT molecular complexity index is 1020. The van der Waals surface area contributed by atoms with Gasteiger partial charge in [-0.05, 0) is 41.7 Å². The minimum atomic E-state index is -0.822. The van der Waals surface area contributed by atoms with Crippen molar-refractivity contribution in [3.05, 3.63) is 59.2 Å². The number of carbonyl (C=O) groups excluding carboxylic acids is 3. The second-order valence-corrected chi connectivity index (χ2v) is 7.97. The van der Waals surface area contributed by atoms with E-state index in [9.17, 15) is 14.4 Å². The Morgan fingerprint density at radius 2 is 1.75 bits per heavy atom. The molecule has 1 saturated heterocycles. The zero-order valence-electron chi connectivity index (χ0n) is 18.3. The van der Waals surface area contributed by atoms with E-state index in [1.54, 1.807) is 19.1 Å². The van der Waals surface area contributed by atoms with Crippen molar-refractivity contribution in [3.8, 4) is 11.5 Å². The zero-order valence-corrected chi connectivity index (χ0v) is 18.3. The van der Waals surface area contributed by atoms with Crippen molar-refractivity contribution in [1.29, 1.82) is 0 Å². The minimum Gasteiger partial charge on any atom is -0.493 e. The minimum absolute atomic E-state index is 0.0466. The molecule has 2 aromatic rings. The lowest BCUT2D eigenvalue weighted by molar-refractivity contribution is -0.136. The summed E-state index contributed by atoms with van der Waals surface area (Å²) in [6, 6.07) is 12.3. The van der Waals surface area contributed by atoms with Gasteiger partial charge in [0.2, 0.25) is 5.91 Å². The number of imide groups is 1. The number of hydrogen-bond acceptors (Lipinski definition) is 5. The standard InChI is InChI=1S/C24H27N3O5/c1-31-20-12-17-9-10-26(15-18(17)13-21(20)32-2)22(28)14-19-23(29)27(24(30)25-19)11-8-16-6-4-3-5-7-16/h3-7,12-13,19H,8-11,14-15H2,1-2H3,(H,25,30)/t19-/m0/s1. The number of nitrogens with one attached hydrogen (secondary N) is 1. The van der Waals surface area contributed by atoms with Crippen LogP contribution in [0.5, 0.6) is 11.5 Å². The van der Waals surface area contributed by atoms with E-state index < -0.39 is 12.1 Å². The van der Waals surface area contributed by atoms with Gasteiger partial charge in [-0.25, -0.2) is 4.79 Å². The van der Waals surface area contributed by atoms with Crippen molar-refractivity contribution in [3.63, 3.8) is 0 Å². The van der Waals surface area contributed by atoms with Crippen LogP contribution in [0.1, 0.15) is 23.1 Å². The molecule has 8 heteroatoms. The Labute approximate surface area is 187 Å². The van der Waals surface area contributed by atoms with E-state index in [2.05, 4.69) is 5.32 Å². The molecule has 32 heavy (non-hydrogen) atoms. The fraction of sp³-hybridized carbons (Fsp3) is 0.375. The number of rotatable bonds is 7. The summed E-state index contributed by atoms with van der Waals surface area (Å²) in [4.78, 5) is 40.9. The summed E-state index contributed by atoms with van der Waals surface area (Å²) in [6.07, 6.45) is 1.22. The monoisotopic (exact) mass is 437 g/mol. The molecule has 1 fully saturated rings. The SMILES string of the molecule is COc1cc2c(cc1OC)CN(C(=O)C[C@@H]1NC(=O)N(CCc3ccccc3)C1=O)CC2. The van der Waals surface area contributed by atoms with Gasteiger partial charge in [-0.15, -0.1) is 0 Å². The maximum absolute atomic E-state index is 12.9. The molecule has 4 rings (SSSR count). The van der Waals surface area contributed by atoms with Crippen LogP contribution in [0.25, 0.3) is 0 Å². The van der Waals surface area contributed by atoms with Crippen molar-refractivity contribution < 1.29 is 23.9 Å². The van der Waals surface area contributed by atoms with Crippen LogP contribution in [0.2, 0.25) is 0 Å². The predicted molar refractivity (Wildman–Crippen MR) is 117 cm³/mol. The average molecular weight is 437 g/mol. The number of carbonyl (C=O) groups is 3. The van der Waals surface area contributed by atoms with Gasteiger partial charge < -0.3 is 19.7 Å². The van der Waals surface area contributed by atoms with Crippen molar-refractivity contribution in [1.82, 2.24) is 15.1 Å². The first-order valence-corrected chi connectivity index (χ1v) is 10.7. The number of hydrogen-bond donors (Lipinski definition) is 1. The Balaban J connectivity index is 1.37. The smallest absolute Gasteiger partial charge is 0.324 e. The first-order chi connectivity index (χ1) is 15.5. The normalized spacial score (nSPS) is 17.8. The fourth-order valence-electron chi connectivity index (χ4n) is 4.21. The molecule has 0 unspecified atom stereocenters. The summed E-state index contributed by atoms with van der Waals surface area (Å²) in [7, 11) is 3.17. The van der Waals surface area contributed by atoms with Crippen LogP contribution in [0.3, 0.4) is 0 Å². The second kappa shape index (κ2) is 9.30. The largest absolute Gasteiger partial charge is 0.493 e. The molecule has 0 saturated carbocycles. The van der Waals surface area contributed by atoms with Crippen LogP contribution in [-0.2, 0) is 29.0 Å². The molecule has 0 aromatic heterocycles. The van der Waals surface area contributed by atoms with Crippen molar-refractivity contribution >= 4 is 17.8 Å². The number of methoxy groups -OCH3 is 2. The summed E-state index contributed by atoms with van der Waals surface area (Å²) >= 11 is 0. The van der Waals surface area contributed by atoms with Gasteiger partial charge >= 0.3 is 6.03 Å². The third-order valence-corrected chi connectivity index (χ3v) is 6.02. The first kappa shape index (κ1) is 21.7. The van der Waals surface area contributed by atoms with Gasteiger partial charge in [0.05, 0.1) is 20.6 Å². The fourth-order valence-corrected chi connectivity index (χ4v) is 4.21. The molecule has 2 aliphatic rings. The molecular weight excluding hydrogens is 410 g/mol. The summed E-state index contributed by atoms with van der Waals surface area (Å²) < 4.78 is 10.7. The Hall–Kier alpha value is -3.55. The van der Waals surface area contributed by atoms with E-state index >= 15 is 0 Å². The number of urea groups is 1. The van der Waals surface area contributed by atoms with Crippen LogP contribution in [0.15, 0.2) is 42.5 Å². The quantitative estimate of drug-likeness (QED) is 0.671. The first-order valence-electron chi connectivity index (χ1n) is 10.7. The van der Waals surface area contributed by atoms with Crippen LogP contribution >= 0.6 is 0 Å². The third kappa shape index (κ3) is 4.39. The molecule has 4 amide bonds. The molecule has 8 nitrogen and oxygen atoms in total. The highest BCUT2D eigenvalue weighted by Crippen LogP contribution is 2.33. The molecule has 168 valence electrons. The lowest BCUT2D eigenvalue weighted by Crippen LogP contribution is -2.41. The number of fused-ring (bicyclic) bond motifs is 1. The van der Waals surface area contributed by atoms with Crippen LogP contribution in [0, 0.1) is 0 Å². The van der Waals surface area contributed by atoms with E-state index in [1.807, 2.05) is 42.5 Å². The zero-order chi connectivity index (χ0) is 22.7. The van der Waals surface area contributed by atoms with E-state index in [0.29, 0.717) is 37.4 Å². The van der Waals surface area contributed by atoms with Crippen LogP contribution in [-0.4, -0.2) is 61.0 Å². The van der Waals surface area contributed by atoms with Crippen LogP contribution in [0.4, 0.5) is 4.79 Å². The molecule has 1 atom stereocenters. The maximum Gasteiger partial charge on any atom is 0.324 e. The number of nitrogens with zero attached hydrogens (tertiary/aromatic N) is 2. The Morgan fingerprint density at radius 1 is 1.06 bits per heavy atom. The summed E-state index contributed by atoms with van der Waals surface area (Å²) in [5.41, 5.74) is 3.16. The Morgan fingerprint density at radius 3 is 2.44 bits per heavy atom. The molecule has 0 aliphatic carbocycles. The molecule has 0 radical (unpaired) electrons. The van der Waals surface area contributed by atoms with Gasteiger partial charge in [-0.3, -0.25) is 14.5 Å². The highest BCUT2D eigenvalue weighted by molar-refractivity contribution is 6.05. The molecule has 1 N–H and O–H groups in total. The predicted octanol–water partition coefficient (Wildman–Crippen LogP) is 2.14. The number of ether oxygens (including phenoxy) is 2. The van der Waals surface area contributed by atoms with E-state index in [4.69, 9.17) is 9.47 Å². The Kier molecular flexibility index (Phi) is 6.30. The number of benzene rings is 2. The van der Waals surface area contributed by atoms with Crippen molar-refractivity contribution in [2.75, 3.05) is 27.3 Å². The topological polar surface area (TPSA) is 88.2 Å². The molecule has 0 bridgehead atoms. The summed E-state index contributed by atoms with van der Waals surface area (Å²) in [5.74, 6) is 0.783. The van der Waals surface area contributed by atoms with Gasteiger partial charge in [-0.1, -0.05) is 30.3 Å². The average Bonchev–Trinajstić information content (AvgIpc) is 3.08. The molecule has 2 aliphatic heterocycles. The molecular formula is C24H27N3O5. The second-order valence-electron chi connectivity index (χ2n) is 7.97. The van der Waals surface area contributed by atoms with Gasteiger partial charge in [0.1, 0.15) is 6.04 Å². The lowest BCUT2D eigenvalue weighted by Gasteiger charge is -2.30. The van der Waals surface area contributed by atoms with Crippen LogP contribution < -0.4 is 14.8 Å². The van der Waals surface area contributed by atoms with E-state index in [1.165, 1.54) is 4.90 Å². The van der Waals surface area contributed by atoms with Crippen molar-refractivity contribution in [2.45, 2.75) is 31.8 Å². The number of amides is 4. The highest BCUT2D eigenvalue weighted by atomic mass is 16.5.